The van der Waals surface area contributed by atoms with E-state index in [1.165, 1.54) is 0 Å². The van der Waals surface area contributed by atoms with Gasteiger partial charge >= 0.3 is 6.18 Å². The minimum atomic E-state index is -4.14. The third-order valence-electron chi connectivity index (χ3n) is 4.74. The van der Waals surface area contributed by atoms with Gasteiger partial charge in [-0.15, -0.1) is 24.0 Å². The van der Waals surface area contributed by atoms with E-state index < -0.39 is 12.6 Å². The van der Waals surface area contributed by atoms with Crippen molar-refractivity contribution in [3.05, 3.63) is 0 Å². The fourth-order valence-electron chi connectivity index (χ4n) is 3.85. The number of likely N-dealkylation sites (tertiary alicyclic amines) is 1. The molecule has 0 aromatic rings. The van der Waals surface area contributed by atoms with Gasteiger partial charge in [-0.05, 0) is 19.8 Å². The Bertz CT molecular complexity index is 401. The van der Waals surface area contributed by atoms with Gasteiger partial charge in [0, 0.05) is 31.5 Å². The number of ether oxygens (including phenoxy) is 1. The minimum absolute atomic E-state index is 0. The predicted octanol–water partition coefficient (Wildman–Crippen LogP) is 2.63. The molecule has 0 amide bonds. The lowest BCUT2D eigenvalue weighted by Crippen LogP contribution is -2.41. The Labute approximate surface area is 145 Å². The first-order chi connectivity index (χ1) is 9.98. The smallest absolute Gasteiger partial charge is 0.374 e. The van der Waals surface area contributed by atoms with E-state index in [0.29, 0.717) is 36.5 Å². The van der Waals surface area contributed by atoms with Gasteiger partial charge in [-0.25, -0.2) is 0 Å². The average Bonchev–Trinajstić information content (AvgIpc) is 3.08. The summed E-state index contributed by atoms with van der Waals surface area (Å²) in [5.41, 5.74) is 0. The van der Waals surface area contributed by atoms with Crippen LogP contribution in [-0.2, 0) is 4.74 Å². The molecule has 128 valence electrons. The van der Waals surface area contributed by atoms with E-state index in [2.05, 4.69) is 15.2 Å². The quantitative estimate of drug-likeness (QED) is 0.423. The molecule has 3 aliphatic heterocycles. The summed E-state index contributed by atoms with van der Waals surface area (Å²) >= 11 is 0. The van der Waals surface area contributed by atoms with Gasteiger partial charge in [0.1, 0.15) is 0 Å². The Kier molecular flexibility index (Phi) is 5.84. The van der Waals surface area contributed by atoms with Crippen molar-refractivity contribution in [3.63, 3.8) is 0 Å². The molecule has 0 saturated carbocycles. The molecule has 4 atom stereocenters. The van der Waals surface area contributed by atoms with Crippen LogP contribution in [0.25, 0.3) is 0 Å². The molecular formula is C14H23F3IN3O. The number of aliphatic imine (C=N–C) groups is 1. The maximum absolute atomic E-state index is 12.2. The summed E-state index contributed by atoms with van der Waals surface area (Å²) in [5.74, 6) is 1.67. The monoisotopic (exact) mass is 433 g/mol. The zero-order chi connectivity index (χ0) is 15.0. The van der Waals surface area contributed by atoms with Gasteiger partial charge in [-0.2, -0.15) is 13.2 Å². The highest BCUT2D eigenvalue weighted by Gasteiger charge is 2.53. The fraction of sp³-hybridized carbons (Fsp3) is 0.929. The number of alkyl halides is 3. The highest BCUT2D eigenvalue weighted by atomic mass is 127. The molecule has 0 radical (unpaired) electrons. The molecule has 3 fully saturated rings. The molecule has 0 aliphatic carbocycles. The van der Waals surface area contributed by atoms with Crippen molar-refractivity contribution < 1.29 is 17.9 Å². The summed E-state index contributed by atoms with van der Waals surface area (Å²) in [7, 11) is 0. The summed E-state index contributed by atoms with van der Waals surface area (Å²) < 4.78 is 42.7. The zero-order valence-electron chi connectivity index (χ0n) is 12.6. The van der Waals surface area contributed by atoms with Crippen molar-refractivity contribution in [2.75, 3.05) is 26.2 Å². The van der Waals surface area contributed by atoms with Crippen LogP contribution < -0.4 is 5.32 Å². The molecule has 4 unspecified atom stereocenters. The zero-order valence-corrected chi connectivity index (χ0v) is 14.9. The van der Waals surface area contributed by atoms with Crippen LogP contribution in [0.1, 0.15) is 26.2 Å². The molecule has 3 rings (SSSR count). The minimum Gasteiger partial charge on any atom is -0.374 e. The average molecular weight is 433 g/mol. The number of nitrogens with zero attached hydrogens (tertiary/aromatic N) is 2. The van der Waals surface area contributed by atoms with Crippen LogP contribution >= 0.6 is 24.0 Å². The van der Waals surface area contributed by atoms with E-state index in [1.54, 1.807) is 0 Å². The molecule has 3 heterocycles. The van der Waals surface area contributed by atoms with Crippen LogP contribution in [0.4, 0.5) is 13.2 Å². The first-order valence-corrected chi connectivity index (χ1v) is 7.73. The summed E-state index contributed by atoms with van der Waals surface area (Å²) in [6, 6.07) is 0. The van der Waals surface area contributed by atoms with Gasteiger partial charge in [0.15, 0.2) is 5.96 Å². The van der Waals surface area contributed by atoms with E-state index in [1.807, 2.05) is 6.92 Å². The second kappa shape index (κ2) is 7.11. The lowest BCUT2D eigenvalue weighted by Gasteiger charge is -2.23. The number of fused-ring (bicyclic) bond motifs is 5. The molecule has 1 N–H and O–H groups in total. The maximum atomic E-state index is 12.2. The maximum Gasteiger partial charge on any atom is 0.390 e. The Morgan fingerprint density at radius 1 is 1.23 bits per heavy atom. The molecular weight excluding hydrogens is 410 g/mol. The molecule has 2 bridgehead atoms. The predicted molar refractivity (Wildman–Crippen MR) is 88.5 cm³/mol. The van der Waals surface area contributed by atoms with Gasteiger partial charge in [0.05, 0.1) is 25.2 Å². The molecule has 0 aromatic carbocycles. The Morgan fingerprint density at radius 3 is 2.32 bits per heavy atom. The molecule has 0 aromatic heterocycles. The number of nitrogens with one attached hydrogen (secondary N) is 1. The Morgan fingerprint density at radius 2 is 1.82 bits per heavy atom. The van der Waals surface area contributed by atoms with Crippen LogP contribution in [-0.4, -0.2) is 55.4 Å². The van der Waals surface area contributed by atoms with Crippen LogP contribution in [0.5, 0.6) is 0 Å². The normalized spacial score (nSPS) is 33.8. The molecule has 8 heteroatoms. The number of hydrogen-bond donors (Lipinski definition) is 1. The summed E-state index contributed by atoms with van der Waals surface area (Å²) in [6.07, 6.45) is -2.05. The highest BCUT2D eigenvalue weighted by molar-refractivity contribution is 14.0. The van der Waals surface area contributed by atoms with E-state index >= 15 is 0 Å². The third-order valence-corrected chi connectivity index (χ3v) is 4.74. The molecule has 3 aliphatic rings. The second-order valence-electron chi connectivity index (χ2n) is 6.12. The number of halogens is 4. The number of hydrogen-bond acceptors (Lipinski definition) is 2. The SMILES string of the molecule is CCNC(=NCCC(F)(F)F)N1CC2C3CCC(O3)C2C1.I. The topological polar surface area (TPSA) is 36.9 Å². The highest BCUT2D eigenvalue weighted by Crippen LogP contribution is 2.47. The Balaban J connectivity index is 0.00000176. The fourth-order valence-corrected chi connectivity index (χ4v) is 3.85. The summed E-state index contributed by atoms with van der Waals surface area (Å²) in [6.45, 7) is 4.09. The number of guanidine groups is 1. The first kappa shape index (κ1) is 18.1. The van der Waals surface area contributed by atoms with Crippen molar-refractivity contribution in [3.8, 4) is 0 Å². The second-order valence-corrected chi connectivity index (χ2v) is 6.12. The molecule has 4 nitrogen and oxygen atoms in total. The lowest BCUT2D eigenvalue weighted by molar-refractivity contribution is -0.132. The standard InChI is InChI=1S/C14H22F3N3O.HI/c1-2-18-13(19-6-5-14(15,16)17)20-7-9-10(8-20)12-4-3-11(9)21-12;/h9-12H,2-8H2,1H3,(H,18,19);1H. The van der Waals surface area contributed by atoms with E-state index in [-0.39, 0.29) is 30.5 Å². The van der Waals surface area contributed by atoms with Gasteiger partial charge in [-0.3, -0.25) is 4.99 Å². The summed E-state index contributed by atoms with van der Waals surface area (Å²) in [4.78, 5) is 6.26. The lowest BCUT2D eigenvalue weighted by atomic mass is 9.82. The van der Waals surface area contributed by atoms with E-state index in [9.17, 15) is 13.2 Å². The van der Waals surface area contributed by atoms with E-state index in [4.69, 9.17) is 4.74 Å². The van der Waals surface area contributed by atoms with Crippen molar-refractivity contribution in [1.82, 2.24) is 10.2 Å². The van der Waals surface area contributed by atoms with Gasteiger partial charge in [0.2, 0.25) is 0 Å². The van der Waals surface area contributed by atoms with Gasteiger partial charge < -0.3 is 15.0 Å². The van der Waals surface area contributed by atoms with Crippen molar-refractivity contribution >= 4 is 29.9 Å². The van der Waals surface area contributed by atoms with Crippen molar-refractivity contribution in [2.24, 2.45) is 16.8 Å². The largest absolute Gasteiger partial charge is 0.390 e. The van der Waals surface area contributed by atoms with Crippen LogP contribution in [0, 0.1) is 11.8 Å². The van der Waals surface area contributed by atoms with Gasteiger partial charge in [0.25, 0.3) is 0 Å². The van der Waals surface area contributed by atoms with E-state index in [0.717, 1.165) is 25.9 Å². The van der Waals surface area contributed by atoms with Crippen LogP contribution in [0.15, 0.2) is 4.99 Å². The molecule has 22 heavy (non-hydrogen) atoms. The summed E-state index contributed by atoms with van der Waals surface area (Å²) in [5, 5.41) is 3.12. The van der Waals surface area contributed by atoms with Crippen LogP contribution in [0.3, 0.4) is 0 Å². The molecule has 0 spiro atoms. The van der Waals surface area contributed by atoms with Crippen LogP contribution in [0.2, 0.25) is 0 Å². The molecule has 3 saturated heterocycles. The number of rotatable bonds is 3. The van der Waals surface area contributed by atoms with Crippen molar-refractivity contribution in [2.45, 2.75) is 44.6 Å². The van der Waals surface area contributed by atoms with Gasteiger partial charge in [-0.1, -0.05) is 0 Å². The first-order valence-electron chi connectivity index (χ1n) is 7.73. The third kappa shape index (κ3) is 3.80. The Hall–Kier alpha value is -0.250. The van der Waals surface area contributed by atoms with Crippen molar-refractivity contribution in [1.29, 1.82) is 0 Å².